The molecule has 0 saturated carbocycles. The first kappa shape index (κ1) is 11.8. The van der Waals surface area contributed by atoms with Crippen LogP contribution in [-0.4, -0.2) is 0 Å². The highest BCUT2D eigenvalue weighted by molar-refractivity contribution is 5.63. The van der Waals surface area contributed by atoms with E-state index in [0.717, 1.165) is 11.1 Å². The van der Waals surface area contributed by atoms with Crippen molar-refractivity contribution in [1.29, 1.82) is 0 Å². The van der Waals surface area contributed by atoms with Crippen LogP contribution in [0.1, 0.15) is 26.3 Å². The SMILES string of the molecule is CC(C)(C)c1ccc(-c2ccc(F)cc2)cc1. The van der Waals surface area contributed by atoms with Crippen LogP contribution in [0, 0.1) is 5.82 Å². The van der Waals surface area contributed by atoms with Gasteiger partial charge in [0, 0.05) is 0 Å². The fourth-order valence-electron chi connectivity index (χ4n) is 1.81. The van der Waals surface area contributed by atoms with Gasteiger partial charge in [-0.1, -0.05) is 57.2 Å². The van der Waals surface area contributed by atoms with E-state index in [4.69, 9.17) is 0 Å². The quantitative estimate of drug-likeness (QED) is 0.658. The Morgan fingerprint density at radius 3 is 1.53 bits per heavy atom. The van der Waals surface area contributed by atoms with E-state index in [2.05, 4.69) is 45.0 Å². The maximum atomic E-state index is 12.8. The van der Waals surface area contributed by atoms with Gasteiger partial charge in [0.25, 0.3) is 0 Å². The lowest BCUT2D eigenvalue weighted by atomic mass is 9.86. The van der Waals surface area contributed by atoms with Gasteiger partial charge in [0.2, 0.25) is 0 Å². The molecule has 0 aliphatic rings. The molecule has 0 N–H and O–H groups in total. The minimum atomic E-state index is -0.194. The number of benzene rings is 2. The van der Waals surface area contributed by atoms with Crippen LogP contribution in [-0.2, 0) is 5.41 Å². The Balaban J connectivity index is 2.33. The smallest absolute Gasteiger partial charge is 0.123 e. The molecule has 0 radical (unpaired) electrons. The van der Waals surface area contributed by atoms with E-state index in [0.29, 0.717) is 0 Å². The van der Waals surface area contributed by atoms with E-state index in [1.54, 1.807) is 12.1 Å². The van der Waals surface area contributed by atoms with Gasteiger partial charge in [0.15, 0.2) is 0 Å². The van der Waals surface area contributed by atoms with Crippen LogP contribution in [0.2, 0.25) is 0 Å². The van der Waals surface area contributed by atoms with Crippen LogP contribution in [0.3, 0.4) is 0 Å². The largest absolute Gasteiger partial charge is 0.207 e. The molecule has 0 aromatic heterocycles. The lowest BCUT2D eigenvalue weighted by molar-refractivity contribution is 0.590. The summed E-state index contributed by atoms with van der Waals surface area (Å²) in [5.41, 5.74) is 3.65. The van der Waals surface area contributed by atoms with Crippen molar-refractivity contribution < 1.29 is 4.39 Å². The average molecular weight is 228 g/mol. The molecule has 0 fully saturated rings. The molecule has 17 heavy (non-hydrogen) atoms. The van der Waals surface area contributed by atoms with Crippen molar-refractivity contribution in [3.05, 3.63) is 59.9 Å². The molecule has 0 bridgehead atoms. The van der Waals surface area contributed by atoms with Gasteiger partial charge in [-0.05, 0) is 34.2 Å². The summed E-state index contributed by atoms with van der Waals surface area (Å²) in [5, 5.41) is 0. The molecule has 0 atom stereocenters. The molecular weight excluding hydrogens is 211 g/mol. The zero-order chi connectivity index (χ0) is 12.5. The first-order chi connectivity index (χ1) is 7.97. The standard InChI is InChI=1S/C16H17F/c1-16(2,3)14-8-4-12(5-9-14)13-6-10-15(17)11-7-13/h4-11H,1-3H3. The van der Waals surface area contributed by atoms with E-state index in [-0.39, 0.29) is 11.2 Å². The highest BCUT2D eigenvalue weighted by atomic mass is 19.1. The summed E-state index contributed by atoms with van der Waals surface area (Å²) < 4.78 is 12.8. The van der Waals surface area contributed by atoms with Gasteiger partial charge in [-0.3, -0.25) is 0 Å². The number of hydrogen-bond acceptors (Lipinski definition) is 0. The zero-order valence-electron chi connectivity index (χ0n) is 10.5. The summed E-state index contributed by atoms with van der Waals surface area (Å²) in [5.74, 6) is -0.194. The Labute approximate surface area is 102 Å². The molecule has 2 aromatic rings. The number of rotatable bonds is 1. The lowest BCUT2D eigenvalue weighted by Crippen LogP contribution is -2.10. The summed E-state index contributed by atoms with van der Waals surface area (Å²) in [6.07, 6.45) is 0. The molecule has 0 spiro atoms. The van der Waals surface area contributed by atoms with Gasteiger partial charge < -0.3 is 0 Å². The molecule has 0 nitrogen and oxygen atoms in total. The van der Waals surface area contributed by atoms with E-state index >= 15 is 0 Å². The normalized spacial score (nSPS) is 11.5. The van der Waals surface area contributed by atoms with Crippen molar-refractivity contribution in [2.24, 2.45) is 0 Å². The van der Waals surface area contributed by atoms with Crippen LogP contribution in [0.15, 0.2) is 48.5 Å². The molecule has 0 aliphatic carbocycles. The molecule has 0 aliphatic heterocycles. The predicted octanol–water partition coefficient (Wildman–Crippen LogP) is 4.79. The van der Waals surface area contributed by atoms with E-state index in [1.165, 1.54) is 17.7 Å². The van der Waals surface area contributed by atoms with Crippen LogP contribution in [0.4, 0.5) is 4.39 Å². The molecular formula is C16H17F. The third-order valence-electron chi connectivity index (χ3n) is 2.93. The third kappa shape index (κ3) is 2.73. The van der Waals surface area contributed by atoms with E-state index < -0.39 is 0 Å². The maximum absolute atomic E-state index is 12.8. The van der Waals surface area contributed by atoms with Crippen molar-refractivity contribution >= 4 is 0 Å². The Kier molecular flexibility index (Phi) is 3.01. The molecule has 0 saturated heterocycles. The second kappa shape index (κ2) is 4.33. The fourth-order valence-corrected chi connectivity index (χ4v) is 1.81. The number of halogens is 1. The summed E-state index contributed by atoms with van der Waals surface area (Å²) in [7, 11) is 0. The Bertz CT molecular complexity index is 487. The monoisotopic (exact) mass is 228 g/mol. The van der Waals surface area contributed by atoms with Gasteiger partial charge in [0.1, 0.15) is 5.82 Å². The summed E-state index contributed by atoms with van der Waals surface area (Å²) in [6.45, 7) is 6.58. The molecule has 88 valence electrons. The van der Waals surface area contributed by atoms with Crippen molar-refractivity contribution in [3.8, 4) is 11.1 Å². The first-order valence-electron chi connectivity index (χ1n) is 5.83. The molecule has 0 unspecified atom stereocenters. The fraction of sp³-hybridized carbons (Fsp3) is 0.250. The van der Waals surface area contributed by atoms with Crippen molar-refractivity contribution in [3.63, 3.8) is 0 Å². The van der Waals surface area contributed by atoms with Crippen LogP contribution >= 0.6 is 0 Å². The lowest BCUT2D eigenvalue weighted by Gasteiger charge is -2.19. The second-order valence-corrected chi connectivity index (χ2v) is 5.33. The topological polar surface area (TPSA) is 0 Å². The predicted molar refractivity (Wildman–Crippen MR) is 70.5 cm³/mol. The van der Waals surface area contributed by atoms with Gasteiger partial charge in [-0.25, -0.2) is 4.39 Å². The molecule has 0 heterocycles. The van der Waals surface area contributed by atoms with Crippen molar-refractivity contribution in [2.75, 3.05) is 0 Å². The van der Waals surface area contributed by atoms with Crippen LogP contribution < -0.4 is 0 Å². The second-order valence-electron chi connectivity index (χ2n) is 5.33. The van der Waals surface area contributed by atoms with Gasteiger partial charge >= 0.3 is 0 Å². The van der Waals surface area contributed by atoms with Crippen molar-refractivity contribution in [2.45, 2.75) is 26.2 Å². The Morgan fingerprint density at radius 1 is 0.706 bits per heavy atom. The van der Waals surface area contributed by atoms with E-state index in [1.807, 2.05) is 0 Å². The van der Waals surface area contributed by atoms with Crippen LogP contribution in [0.5, 0.6) is 0 Å². The third-order valence-corrected chi connectivity index (χ3v) is 2.93. The maximum Gasteiger partial charge on any atom is 0.123 e. The Morgan fingerprint density at radius 2 is 1.12 bits per heavy atom. The highest BCUT2D eigenvalue weighted by Crippen LogP contribution is 2.26. The summed E-state index contributed by atoms with van der Waals surface area (Å²) in [4.78, 5) is 0. The van der Waals surface area contributed by atoms with Gasteiger partial charge in [-0.2, -0.15) is 0 Å². The molecule has 0 amide bonds. The summed E-state index contributed by atoms with van der Waals surface area (Å²) in [6, 6.07) is 15.1. The van der Waals surface area contributed by atoms with Crippen molar-refractivity contribution in [1.82, 2.24) is 0 Å². The van der Waals surface area contributed by atoms with Gasteiger partial charge in [0.05, 0.1) is 0 Å². The highest BCUT2D eigenvalue weighted by Gasteiger charge is 2.12. The molecule has 1 heteroatoms. The Hall–Kier alpha value is -1.63. The number of hydrogen-bond donors (Lipinski definition) is 0. The minimum absolute atomic E-state index is 0.168. The summed E-state index contributed by atoms with van der Waals surface area (Å²) >= 11 is 0. The van der Waals surface area contributed by atoms with Gasteiger partial charge in [-0.15, -0.1) is 0 Å². The molecule has 2 aromatic carbocycles. The molecule has 2 rings (SSSR count). The van der Waals surface area contributed by atoms with E-state index in [9.17, 15) is 4.39 Å². The average Bonchev–Trinajstić information content (AvgIpc) is 2.29. The minimum Gasteiger partial charge on any atom is -0.207 e. The first-order valence-corrected chi connectivity index (χ1v) is 5.83. The van der Waals surface area contributed by atoms with Crippen LogP contribution in [0.25, 0.3) is 11.1 Å². The zero-order valence-corrected chi connectivity index (χ0v) is 10.5.